The third kappa shape index (κ3) is 2.99. The van der Waals surface area contributed by atoms with Gasteiger partial charge in [0.05, 0.1) is 0 Å². The van der Waals surface area contributed by atoms with Crippen LogP contribution in [-0.2, 0) is 33.9 Å². The van der Waals surface area contributed by atoms with Gasteiger partial charge >= 0.3 is 27.3 Å². The Labute approximate surface area is 148 Å². The van der Waals surface area contributed by atoms with Crippen LogP contribution in [0.3, 0.4) is 0 Å². The summed E-state index contributed by atoms with van der Waals surface area (Å²) in [7, 11) is -4.66. The lowest BCUT2D eigenvalue weighted by molar-refractivity contribution is -0.221. The van der Waals surface area contributed by atoms with Crippen molar-refractivity contribution in [1.82, 2.24) is 0 Å². The number of carbonyl (C=O) groups excluding carboxylic acids is 2. The molecule has 0 aromatic heterocycles. The van der Waals surface area contributed by atoms with Gasteiger partial charge in [-0.1, -0.05) is 0 Å². The van der Waals surface area contributed by atoms with Crippen LogP contribution >= 0.6 is 0 Å². The number of alkyl halides is 2. The normalized spacial score (nSPS) is 36.0. The van der Waals surface area contributed by atoms with Gasteiger partial charge < -0.3 is 14.2 Å². The summed E-state index contributed by atoms with van der Waals surface area (Å²) in [5.74, 6) is -3.03. The molecule has 0 saturated heterocycles. The highest BCUT2D eigenvalue weighted by Gasteiger charge is 2.65. The van der Waals surface area contributed by atoms with Gasteiger partial charge in [-0.05, 0) is 49.9 Å². The van der Waals surface area contributed by atoms with Gasteiger partial charge in [0.15, 0.2) is 6.79 Å². The van der Waals surface area contributed by atoms with Gasteiger partial charge in [-0.2, -0.15) is 17.2 Å². The second-order valence-electron chi connectivity index (χ2n) is 7.42. The molecule has 148 valence electrons. The SMILES string of the molecule is COCOC(=O)C12CC3CC(CC(C3)C1OC(=O)C(F)(F)S(=O)(=O)O)C2. The van der Waals surface area contributed by atoms with E-state index in [0.29, 0.717) is 25.7 Å². The lowest BCUT2D eigenvalue weighted by atomic mass is 9.48. The van der Waals surface area contributed by atoms with Crippen molar-refractivity contribution in [3.63, 3.8) is 0 Å². The molecular weight excluding hydrogens is 378 g/mol. The molecule has 4 aliphatic rings. The lowest BCUT2D eigenvalue weighted by Crippen LogP contribution is -2.62. The number of ether oxygens (including phenoxy) is 3. The monoisotopic (exact) mass is 398 g/mol. The van der Waals surface area contributed by atoms with E-state index in [2.05, 4.69) is 0 Å². The van der Waals surface area contributed by atoms with Crippen LogP contribution in [0.1, 0.15) is 32.1 Å². The summed E-state index contributed by atoms with van der Waals surface area (Å²) in [6, 6.07) is 0. The van der Waals surface area contributed by atoms with E-state index >= 15 is 0 Å². The summed E-state index contributed by atoms with van der Waals surface area (Å²) in [6.07, 6.45) is 1.53. The average molecular weight is 398 g/mol. The molecule has 1 N–H and O–H groups in total. The van der Waals surface area contributed by atoms with Gasteiger partial charge in [0.2, 0.25) is 0 Å². The standard InChI is InChI=1S/C15H20F2O8S/c1-23-7-24-12(18)14-5-8-2-9(6-14)4-10(3-8)11(14)25-13(19)15(16,17)26(20,21)22/h8-11H,2-7H2,1H3,(H,20,21,22). The van der Waals surface area contributed by atoms with Crippen LogP contribution < -0.4 is 0 Å². The van der Waals surface area contributed by atoms with E-state index in [9.17, 15) is 26.8 Å². The maximum absolute atomic E-state index is 13.6. The van der Waals surface area contributed by atoms with Gasteiger partial charge in [-0.15, -0.1) is 0 Å². The molecule has 3 unspecified atom stereocenters. The van der Waals surface area contributed by atoms with Crippen molar-refractivity contribution < 1.29 is 45.6 Å². The van der Waals surface area contributed by atoms with E-state index in [4.69, 9.17) is 18.8 Å². The summed E-state index contributed by atoms with van der Waals surface area (Å²) in [5, 5.41) is -5.10. The molecule has 4 bridgehead atoms. The molecule has 3 atom stereocenters. The van der Waals surface area contributed by atoms with Crippen molar-refractivity contribution in [1.29, 1.82) is 0 Å². The van der Waals surface area contributed by atoms with E-state index < -0.39 is 38.8 Å². The Kier molecular flexibility index (Phi) is 4.77. The zero-order valence-corrected chi connectivity index (χ0v) is 14.8. The largest absolute Gasteiger partial charge is 0.465 e. The fourth-order valence-corrected chi connectivity index (χ4v) is 5.29. The molecule has 26 heavy (non-hydrogen) atoms. The van der Waals surface area contributed by atoms with Crippen molar-refractivity contribution in [2.75, 3.05) is 13.9 Å². The van der Waals surface area contributed by atoms with Crippen molar-refractivity contribution in [3.05, 3.63) is 0 Å². The lowest BCUT2D eigenvalue weighted by Gasteiger charge is -2.58. The number of halogens is 2. The van der Waals surface area contributed by atoms with E-state index in [1.54, 1.807) is 0 Å². The Hall–Kier alpha value is -1.33. The maximum atomic E-state index is 13.6. The topological polar surface area (TPSA) is 116 Å². The van der Waals surface area contributed by atoms with Crippen molar-refractivity contribution in [3.8, 4) is 0 Å². The zero-order chi connectivity index (χ0) is 19.3. The highest BCUT2D eigenvalue weighted by molar-refractivity contribution is 7.87. The molecule has 8 nitrogen and oxygen atoms in total. The second kappa shape index (κ2) is 6.38. The van der Waals surface area contributed by atoms with Gasteiger partial charge in [0.25, 0.3) is 0 Å². The Morgan fingerprint density at radius 1 is 1.19 bits per heavy atom. The Balaban J connectivity index is 1.89. The van der Waals surface area contributed by atoms with E-state index in [1.807, 2.05) is 0 Å². The van der Waals surface area contributed by atoms with Crippen LogP contribution in [0.5, 0.6) is 0 Å². The van der Waals surface area contributed by atoms with Crippen LogP contribution in [0, 0.1) is 23.2 Å². The van der Waals surface area contributed by atoms with E-state index in [0.717, 1.165) is 6.42 Å². The van der Waals surface area contributed by atoms with Gasteiger partial charge in [-0.25, -0.2) is 4.79 Å². The van der Waals surface area contributed by atoms with Crippen molar-refractivity contribution in [2.45, 2.75) is 43.5 Å². The number of esters is 2. The maximum Gasteiger partial charge on any atom is 0.465 e. The predicted molar refractivity (Wildman–Crippen MR) is 80.3 cm³/mol. The quantitative estimate of drug-likeness (QED) is 0.405. The molecule has 0 aromatic carbocycles. The molecule has 4 aliphatic carbocycles. The van der Waals surface area contributed by atoms with Crippen LogP contribution in [0.2, 0.25) is 0 Å². The number of carbonyl (C=O) groups is 2. The van der Waals surface area contributed by atoms with Crippen molar-refractivity contribution >= 4 is 22.1 Å². The molecule has 0 spiro atoms. The molecule has 11 heteroatoms. The summed E-state index contributed by atoms with van der Waals surface area (Å²) < 4.78 is 72.0. The zero-order valence-electron chi connectivity index (χ0n) is 14.0. The smallest absolute Gasteiger partial charge is 0.456 e. The molecule has 4 rings (SSSR count). The Bertz CT molecular complexity index is 692. The third-order valence-corrected chi connectivity index (χ3v) is 6.54. The Morgan fingerprint density at radius 2 is 1.77 bits per heavy atom. The number of hydrogen-bond acceptors (Lipinski definition) is 7. The van der Waals surface area contributed by atoms with Crippen LogP contribution in [0.4, 0.5) is 8.78 Å². The second-order valence-corrected chi connectivity index (χ2v) is 8.88. The van der Waals surface area contributed by atoms with Crippen LogP contribution in [0.15, 0.2) is 0 Å². The minimum absolute atomic E-state index is 0.194. The highest BCUT2D eigenvalue weighted by Crippen LogP contribution is 2.61. The molecule has 0 amide bonds. The van der Waals surface area contributed by atoms with E-state index in [1.165, 1.54) is 7.11 Å². The first kappa shape index (κ1) is 19.4. The highest BCUT2D eigenvalue weighted by atomic mass is 32.2. The first-order chi connectivity index (χ1) is 12.0. The summed E-state index contributed by atoms with van der Waals surface area (Å²) in [4.78, 5) is 24.4. The molecule has 0 heterocycles. The minimum Gasteiger partial charge on any atom is -0.456 e. The fraction of sp³-hybridized carbons (Fsp3) is 0.867. The van der Waals surface area contributed by atoms with Crippen molar-refractivity contribution in [2.24, 2.45) is 23.2 Å². The number of hydrogen-bond donors (Lipinski definition) is 1. The van der Waals surface area contributed by atoms with Crippen LogP contribution in [0.25, 0.3) is 0 Å². The minimum atomic E-state index is -5.98. The average Bonchev–Trinajstić information content (AvgIpc) is 2.53. The predicted octanol–water partition coefficient (Wildman–Crippen LogP) is 1.35. The first-order valence-electron chi connectivity index (χ1n) is 8.23. The summed E-state index contributed by atoms with van der Waals surface area (Å²) >= 11 is 0. The molecule has 0 radical (unpaired) electrons. The third-order valence-electron chi connectivity index (χ3n) is 5.73. The molecule has 4 saturated carbocycles. The summed E-state index contributed by atoms with van der Waals surface area (Å²) in [6.45, 7) is -0.331. The van der Waals surface area contributed by atoms with Gasteiger partial charge in [-0.3, -0.25) is 9.35 Å². The van der Waals surface area contributed by atoms with Gasteiger partial charge in [0, 0.05) is 7.11 Å². The molecule has 0 aliphatic heterocycles. The van der Waals surface area contributed by atoms with Crippen LogP contribution in [-0.4, -0.2) is 50.2 Å². The number of methoxy groups -OCH3 is 1. The number of rotatable bonds is 6. The Morgan fingerprint density at radius 3 is 2.27 bits per heavy atom. The molecular formula is C15H20F2O8S. The van der Waals surface area contributed by atoms with E-state index in [-0.39, 0.29) is 24.5 Å². The molecule has 0 aromatic rings. The van der Waals surface area contributed by atoms with Gasteiger partial charge in [0.1, 0.15) is 11.5 Å². The molecule has 4 fully saturated rings. The first-order valence-corrected chi connectivity index (χ1v) is 9.67. The fourth-order valence-electron chi connectivity index (χ4n) is 5.03. The summed E-state index contributed by atoms with van der Waals surface area (Å²) in [5.41, 5.74) is -1.29.